The van der Waals surface area contributed by atoms with Crippen LogP contribution in [0, 0.1) is 0 Å². The molecule has 0 aromatic heterocycles. The number of hydrogen-bond donors (Lipinski definition) is 0. The zero-order valence-corrected chi connectivity index (χ0v) is 24.2. The van der Waals surface area contributed by atoms with Crippen LogP contribution in [0.2, 0.25) is 0 Å². The van der Waals surface area contributed by atoms with Crippen LogP contribution in [0.4, 0.5) is 0 Å². The molecule has 42 heavy (non-hydrogen) atoms. The molecule has 224 valence electrons. The lowest BCUT2D eigenvalue weighted by Crippen LogP contribution is -2.63. The van der Waals surface area contributed by atoms with E-state index in [4.69, 9.17) is 28.5 Å². The standard InChI is InChI=1S/C34H41NO7/c1-26(36)40-31-30(25-37-22-27-14-6-2-7-15-27)41-34(42-35-20-12-5-13-21-35)33(39-24-29-18-10-4-11-19-29)32(31)38-23-28-16-8-3-9-17-28/h2-4,6-11,14-19,30-34H,5,12-13,20-25H2,1H3/t30-,31-,32+,33-,34+/m1/s1. The van der Waals surface area contributed by atoms with Gasteiger partial charge >= 0.3 is 5.97 Å². The minimum absolute atomic E-state index is 0.184. The molecule has 0 amide bonds. The van der Waals surface area contributed by atoms with Crippen LogP contribution in [0.3, 0.4) is 0 Å². The molecular formula is C34H41NO7. The Balaban J connectivity index is 1.41. The van der Waals surface area contributed by atoms with Crippen molar-refractivity contribution in [2.24, 2.45) is 0 Å². The molecule has 2 fully saturated rings. The molecule has 5 rings (SSSR count). The maximum absolute atomic E-state index is 12.4. The van der Waals surface area contributed by atoms with Gasteiger partial charge in [-0.25, -0.2) is 0 Å². The van der Waals surface area contributed by atoms with Crippen molar-refractivity contribution >= 4 is 5.97 Å². The number of esters is 1. The normalized spacial score (nSPS) is 24.7. The third-order valence-electron chi connectivity index (χ3n) is 7.43. The third kappa shape index (κ3) is 8.94. The summed E-state index contributed by atoms with van der Waals surface area (Å²) in [6.07, 6.45) is -0.269. The van der Waals surface area contributed by atoms with E-state index in [9.17, 15) is 4.79 Å². The summed E-state index contributed by atoms with van der Waals surface area (Å²) in [5, 5.41) is 1.95. The molecule has 2 aliphatic heterocycles. The Bertz CT molecular complexity index is 1190. The lowest BCUT2D eigenvalue weighted by atomic mass is 9.98. The van der Waals surface area contributed by atoms with E-state index in [2.05, 4.69) is 0 Å². The molecule has 0 N–H and O–H groups in total. The summed E-state index contributed by atoms with van der Waals surface area (Å²) in [4.78, 5) is 18.9. The van der Waals surface area contributed by atoms with Crippen LogP contribution in [-0.2, 0) is 53.1 Å². The van der Waals surface area contributed by atoms with Crippen LogP contribution in [0.15, 0.2) is 91.0 Å². The van der Waals surface area contributed by atoms with Gasteiger partial charge in [0.2, 0.25) is 6.29 Å². The van der Waals surface area contributed by atoms with E-state index < -0.39 is 36.7 Å². The molecule has 2 heterocycles. The number of carbonyl (C=O) groups excluding carboxylic acids is 1. The summed E-state index contributed by atoms with van der Waals surface area (Å²) in [7, 11) is 0. The number of carbonyl (C=O) groups is 1. The molecule has 5 atom stereocenters. The minimum Gasteiger partial charge on any atom is -0.457 e. The lowest BCUT2D eigenvalue weighted by Gasteiger charge is -2.46. The molecule has 0 saturated carbocycles. The summed E-state index contributed by atoms with van der Waals surface area (Å²) >= 11 is 0. The van der Waals surface area contributed by atoms with E-state index in [-0.39, 0.29) is 6.61 Å². The van der Waals surface area contributed by atoms with Crippen LogP contribution in [0.25, 0.3) is 0 Å². The molecule has 3 aromatic rings. The Morgan fingerprint density at radius 1 is 0.714 bits per heavy atom. The van der Waals surface area contributed by atoms with Gasteiger partial charge in [-0.1, -0.05) is 97.4 Å². The predicted molar refractivity (Wildman–Crippen MR) is 157 cm³/mol. The predicted octanol–water partition coefficient (Wildman–Crippen LogP) is 5.45. The number of nitrogens with zero attached hydrogens (tertiary/aromatic N) is 1. The SMILES string of the molecule is CC(=O)O[C@H]1[C@H](OCc2ccccc2)[C@@H](OCc2ccccc2)[C@H](ON2CCCCC2)O[C@@H]1COCc1ccccc1. The van der Waals surface area contributed by atoms with E-state index in [1.54, 1.807) is 0 Å². The Morgan fingerprint density at radius 2 is 1.24 bits per heavy atom. The Hall–Kier alpha value is -3.11. The highest BCUT2D eigenvalue weighted by molar-refractivity contribution is 5.66. The highest BCUT2D eigenvalue weighted by Gasteiger charge is 2.51. The van der Waals surface area contributed by atoms with Crippen LogP contribution in [-0.4, -0.2) is 61.4 Å². The number of benzene rings is 3. The molecule has 0 radical (unpaired) electrons. The van der Waals surface area contributed by atoms with Crippen molar-refractivity contribution in [1.82, 2.24) is 5.06 Å². The summed E-state index contributed by atoms with van der Waals surface area (Å²) in [5.74, 6) is -0.429. The summed E-state index contributed by atoms with van der Waals surface area (Å²) in [6.45, 7) is 4.22. The van der Waals surface area contributed by atoms with E-state index in [0.717, 1.165) is 42.6 Å². The fourth-order valence-electron chi connectivity index (χ4n) is 5.31. The first-order valence-corrected chi connectivity index (χ1v) is 14.8. The van der Waals surface area contributed by atoms with E-state index in [1.807, 2.05) is 96.1 Å². The van der Waals surface area contributed by atoms with Crippen molar-refractivity contribution in [3.8, 4) is 0 Å². The maximum Gasteiger partial charge on any atom is 0.303 e. The first kappa shape index (κ1) is 30.4. The van der Waals surface area contributed by atoms with Crippen molar-refractivity contribution in [3.05, 3.63) is 108 Å². The van der Waals surface area contributed by atoms with Crippen LogP contribution < -0.4 is 0 Å². The number of rotatable bonds is 13. The minimum atomic E-state index is -0.787. The van der Waals surface area contributed by atoms with Gasteiger partial charge < -0.3 is 23.7 Å². The topological polar surface area (TPSA) is 75.7 Å². The Labute approximate surface area is 248 Å². The van der Waals surface area contributed by atoms with Crippen LogP contribution >= 0.6 is 0 Å². The van der Waals surface area contributed by atoms with Crippen molar-refractivity contribution < 1.29 is 33.3 Å². The van der Waals surface area contributed by atoms with E-state index in [1.165, 1.54) is 13.3 Å². The smallest absolute Gasteiger partial charge is 0.303 e. The summed E-state index contributed by atoms with van der Waals surface area (Å²) in [6, 6.07) is 29.8. The zero-order chi connectivity index (χ0) is 29.0. The number of hydrogen-bond acceptors (Lipinski definition) is 8. The molecule has 0 aliphatic carbocycles. The first-order chi connectivity index (χ1) is 20.7. The maximum atomic E-state index is 12.4. The summed E-state index contributed by atoms with van der Waals surface area (Å²) < 4.78 is 31.7. The Morgan fingerprint density at radius 3 is 1.79 bits per heavy atom. The van der Waals surface area contributed by atoms with Crippen molar-refractivity contribution in [2.45, 2.75) is 76.7 Å². The van der Waals surface area contributed by atoms with Crippen molar-refractivity contribution in [3.63, 3.8) is 0 Å². The first-order valence-electron chi connectivity index (χ1n) is 14.8. The molecule has 8 nitrogen and oxygen atoms in total. The van der Waals surface area contributed by atoms with Crippen LogP contribution in [0.5, 0.6) is 0 Å². The number of hydroxylamine groups is 2. The van der Waals surface area contributed by atoms with E-state index in [0.29, 0.717) is 19.8 Å². The second-order valence-corrected chi connectivity index (χ2v) is 10.7. The van der Waals surface area contributed by atoms with Gasteiger partial charge in [0.25, 0.3) is 0 Å². The second kappa shape index (κ2) is 15.9. The lowest BCUT2D eigenvalue weighted by molar-refractivity contribution is -0.375. The largest absolute Gasteiger partial charge is 0.457 e. The molecule has 8 heteroatoms. The van der Waals surface area contributed by atoms with Crippen LogP contribution in [0.1, 0.15) is 42.9 Å². The van der Waals surface area contributed by atoms with Gasteiger partial charge in [0.15, 0.2) is 6.10 Å². The quantitative estimate of drug-likeness (QED) is 0.249. The number of ether oxygens (including phenoxy) is 5. The molecular weight excluding hydrogens is 534 g/mol. The van der Waals surface area contributed by atoms with Gasteiger partial charge in [-0.15, -0.1) is 0 Å². The van der Waals surface area contributed by atoms with Gasteiger partial charge in [0, 0.05) is 20.0 Å². The van der Waals surface area contributed by atoms with Gasteiger partial charge in [-0.05, 0) is 29.5 Å². The molecule has 3 aromatic carbocycles. The molecule has 0 spiro atoms. The molecule has 2 saturated heterocycles. The second-order valence-electron chi connectivity index (χ2n) is 10.7. The van der Waals surface area contributed by atoms with Gasteiger partial charge in [-0.3, -0.25) is 9.63 Å². The number of piperidine rings is 1. The zero-order valence-electron chi connectivity index (χ0n) is 24.2. The van der Waals surface area contributed by atoms with Gasteiger partial charge in [0.1, 0.15) is 18.3 Å². The molecule has 2 aliphatic rings. The average molecular weight is 576 g/mol. The monoisotopic (exact) mass is 575 g/mol. The summed E-state index contributed by atoms with van der Waals surface area (Å²) in [5.41, 5.74) is 3.05. The fourth-order valence-corrected chi connectivity index (χ4v) is 5.31. The average Bonchev–Trinajstić information content (AvgIpc) is 3.02. The molecule has 0 unspecified atom stereocenters. The fraction of sp³-hybridized carbons (Fsp3) is 0.441. The molecule has 0 bridgehead atoms. The van der Waals surface area contributed by atoms with E-state index >= 15 is 0 Å². The highest BCUT2D eigenvalue weighted by Crippen LogP contribution is 2.32. The van der Waals surface area contributed by atoms with Crippen molar-refractivity contribution in [2.75, 3.05) is 19.7 Å². The van der Waals surface area contributed by atoms with Gasteiger partial charge in [0.05, 0.1) is 26.4 Å². The van der Waals surface area contributed by atoms with Gasteiger partial charge in [-0.2, -0.15) is 5.06 Å². The third-order valence-corrected chi connectivity index (χ3v) is 7.43. The Kier molecular flexibility index (Phi) is 11.5. The van der Waals surface area contributed by atoms with Crippen molar-refractivity contribution in [1.29, 1.82) is 0 Å². The highest BCUT2D eigenvalue weighted by atomic mass is 16.8.